The summed E-state index contributed by atoms with van der Waals surface area (Å²) in [7, 11) is 0. The Bertz CT molecular complexity index is 669. The third-order valence-corrected chi connectivity index (χ3v) is 4.90. The van der Waals surface area contributed by atoms with Gasteiger partial charge in [0.25, 0.3) is 0 Å². The lowest BCUT2D eigenvalue weighted by atomic mass is 9.77. The maximum Gasteiger partial charge on any atom is 0.111 e. The average molecular weight is 281 g/mol. The first-order chi connectivity index (χ1) is 10.2. The number of nitrogens with zero attached hydrogens (tertiary/aromatic N) is 2. The Morgan fingerprint density at radius 1 is 1.33 bits per heavy atom. The molecular formula is C18H23N3. The number of hydrogen-bond acceptors (Lipinski definition) is 2. The van der Waals surface area contributed by atoms with Crippen molar-refractivity contribution in [2.45, 2.75) is 51.6 Å². The van der Waals surface area contributed by atoms with Gasteiger partial charge < -0.3 is 9.88 Å². The first-order valence-corrected chi connectivity index (χ1v) is 8.10. The van der Waals surface area contributed by atoms with Crippen LogP contribution in [-0.2, 0) is 25.9 Å². The van der Waals surface area contributed by atoms with Crippen molar-refractivity contribution < 1.29 is 0 Å². The molecule has 4 rings (SSSR count). The standard InChI is InChI=1S/C18H23N3/c1-12(2)18-20-16-10-19-8-7-17(16)21(18)11-14-9-13-5-3-4-6-15(13)14/h3-6,12,14,19H,7-11H2,1-2H3. The van der Waals surface area contributed by atoms with E-state index >= 15 is 0 Å². The number of nitrogens with one attached hydrogen (secondary N) is 1. The van der Waals surface area contributed by atoms with Gasteiger partial charge >= 0.3 is 0 Å². The molecule has 21 heavy (non-hydrogen) atoms. The fourth-order valence-electron chi connectivity index (χ4n) is 3.78. The number of hydrogen-bond donors (Lipinski definition) is 1. The molecule has 1 aromatic carbocycles. The van der Waals surface area contributed by atoms with E-state index in [9.17, 15) is 0 Å². The maximum absolute atomic E-state index is 4.92. The zero-order valence-corrected chi connectivity index (χ0v) is 12.9. The van der Waals surface area contributed by atoms with Crippen molar-refractivity contribution in [1.29, 1.82) is 0 Å². The van der Waals surface area contributed by atoms with Crippen molar-refractivity contribution in [2.24, 2.45) is 0 Å². The van der Waals surface area contributed by atoms with E-state index in [1.54, 1.807) is 5.56 Å². The highest BCUT2D eigenvalue weighted by Gasteiger charge is 2.29. The smallest absolute Gasteiger partial charge is 0.111 e. The van der Waals surface area contributed by atoms with Crippen LogP contribution in [0, 0.1) is 0 Å². The van der Waals surface area contributed by atoms with E-state index in [2.05, 4.69) is 48.0 Å². The maximum atomic E-state index is 4.92. The van der Waals surface area contributed by atoms with Gasteiger partial charge in [0.05, 0.1) is 5.69 Å². The van der Waals surface area contributed by atoms with Crippen LogP contribution in [0.3, 0.4) is 0 Å². The van der Waals surface area contributed by atoms with Gasteiger partial charge in [0.15, 0.2) is 0 Å². The summed E-state index contributed by atoms with van der Waals surface area (Å²) in [6.07, 6.45) is 2.34. The second-order valence-corrected chi connectivity index (χ2v) is 6.66. The number of fused-ring (bicyclic) bond motifs is 2. The van der Waals surface area contributed by atoms with Crippen LogP contribution in [0.1, 0.15) is 54.0 Å². The van der Waals surface area contributed by atoms with E-state index in [-0.39, 0.29) is 0 Å². The van der Waals surface area contributed by atoms with E-state index in [0.29, 0.717) is 11.8 Å². The van der Waals surface area contributed by atoms with Crippen LogP contribution in [0.2, 0.25) is 0 Å². The SMILES string of the molecule is CC(C)c1nc2c(n1CC1Cc3ccccc31)CCNC2. The van der Waals surface area contributed by atoms with Crippen molar-refractivity contribution in [2.75, 3.05) is 6.54 Å². The predicted octanol–water partition coefficient (Wildman–Crippen LogP) is 2.99. The van der Waals surface area contributed by atoms with E-state index in [4.69, 9.17) is 4.98 Å². The molecule has 1 unspecified atom stereocenters. The lowest BCUT2D eigenvalue weighted by molar-refractivity contribution is 0.471. The molecule has 1 atom stereocenters. The molecule has 1 N–H and O–H groups in total. The summed E-state index contributed by atoms with van der Waals surface area (Å²) in [6, 6.07) is 8.88. The summed E-state index contributed by atoms with van der Waals surface area (Å²) in [4.78, 5) is 4.92. The Hall–Kier alpha value is -1.61. The third-order valence-electron chi connectivity index (χ3n) is 4.90. The molecular weight excluding hydrogens is 258 g/mol. The predicted molar refractivity (Wildman–Crippen MR) is 84.6 cm³/mol. The number of aromatic nitrogens is 2. The molecule has 0 amide bonds. The minimum Gasteiger partial charge on any atom is -0.331 e. The molecule has 2 aliphatic rings. The molecule has 0 saturated carbocycles. The average Bonchev–Trinajstić information content (AvgIpc) is 2.84. The number of benzene rings is 1. The Labute approximate surface area is 126 Å². The van der Waals surface area contributed by atoms with Crippen LogP contribution in [-0.4, -0.2) is 16.1 Å². The molecule has 0 fully saturated rings. The minimum atomic E-state index is 0.492. The van der Waals surface area contributed by atoms with Gasteiger partial charge in [-0.2, -0.15) is 0 Å². The van der Waals surface area contributed by atoms with Crippen LogP contribution in [0.5, 0.6) is 0 Å². The molecule has 1 aliphatic carbocycles. The molecule has 3 heteroatoms. The van der Waals surface area contributed by atoms with E-state index in [1.165, 1.54) is 29.2 Å². The highest BCUT2D eigenvalue weighted by atomic mass is 15.1. The molecule has 0 bridgehead atoms. The largest absolute Gasteiger partial charge is 0.331 e. The fraction of sp³-hybridized carbons (Fsp3) is 0.500. The van der Waals surface area contributed by atoms with Crippen LogP contribution in [0.25, 0.3) is 0 Å². The van der Waals surface area contributed by atoms with Gasteiger partial charge in [-0.3, -0.25) is 0 Å². The summed E-state index contributed by atoms with van der Waals surface area (Å²) in [6.45, 7) is 7.63. The Morgan fingerprint density at radius 2 is 2.19 bits per heavy atom. The molecule has 2 aromatic rings. The van der Waals surface area contributed by atoms with Crippen molar-refractivity contribution in [1.82, 2.24) is 14.9 Å². The molecule has 0 radical (unpaired) electrons. The van der Waals surface area contributed by atoms with Crippen LogP contribution in [0.15, 0.2) is 24.3 Å². The molecule has 1 aromatic heterocycles. The monoisotopic (exact) mass is 281 g/mol. The van der Waals surface area contributed by atoms with Gasteiger partial charge in [0.1, 0.15) is 5.82 Å². The van der Waals surface area contributed by atoms with Gasteiger partial charge in [-0.15, -0.1) is 0 Å². The summed E-state index contributed by atoms with van der Waals surface area (Å²) in [5, 5.41) is 3.44. The lowest BCUT2D eigenvalue weighted by Crippen LogP contribution is -2.28. The zero-order chi connectivity index (χ0) is 14.4. The van der Waals surface area contributed by atoms with Crippen molar-refractivity contribution >= 4 is 0 Å². The highest BCUT2D eigenvalue weighted by Crippen LogP contribution is 2.37. The van der Waals surface area contributed by atoms with Gasteiger partial charge in [0.2, 0.25) is 0 Å². The van der Waals surface area contributed by atoms with Gasteiger partial charge in [-0.05, 0) is 17.5 Å². The molecule has 1 aliphatic heterocycles. The second-order valence-electron chi connectivity index (χ2n) is 6.66. The molecule has 0 saturated heterocycles. The Balaban J connectivity index is 1.67. The quantitative estimate of drug-likeness (QED) is 0.937. The van der Waals surface area contributed by atoms with Crippen molar-refractivity contribution in [3.63, 3.8) is 0 Å². The summed E-state index contributed by atoms with van der Waals surface area (Å²) < 4.78 is 2.53. The van der Waals surface area contributed by atoms with Crippen LogP contribution in [0.4, 0.5) is 0 Å². The lowest BCUT2D eigenvalue weighted by Gasteiger charge is -2.32. The first-order valence-electron chi connectivity index (χ1n) is 8.10. The summed E-state index contributed by atoms with van der Waals surface area (Å²) in [5.74, 6) is 2.44. The fourth-order valence-corrected chi connectivity index (χ4v) is 3.78. The van der Waals surface area contributed by atoms with Gasteiger partial charge in [-0.25, -0.2) is 4.98 Å². The molecule has 2 heterocycles. The first kappa shape index (κ1) is 13.1. The van der Waals surface area contributed by atoms with Gasteiger partial charge in [0, 0.05) is 43.6 Å². The Kier molecular flexibility index (Phi) is 3.11. The second kappa shape index (κ2) is 4.99. The van der Waals surface area contributed by atoms with Crippen molar-refractivity contribution in [3.05, 3.63) is 52.6 Å². The number of rotatable bonds is 3. The van der Waals surface area contributed by atoms with Gasteiger partial charge in [-0.1, -0.05) is 38.1 Å². The topological polar surface area (TPSA) is 29.9 Å². The van der Waals surface area contributed by atoms with Crippen molar-refractivity contribution in [3.8, 4) is 0 Å². The number of imidazole rings is 1. The van der Waals surface area contributed by atoms with Crippen LogP contribution < -0.4 is 5.32 Å². The zero-order valence-electron chi connectivity index (χ0n) is 12.9. The third kappa shape index (κ3) is 2.11. The highest BCUT2D eigenvalue weighted by molar-refractivity contribution is 5.40. The van der Waals surface area contributed by atoms with Crippen LogP contribution >= 0.6 is 0 Å². The van der Waals surface area contributed by atoms with E-state index in [0.717, 1.165) is 26.1 Å². The minimum absolute atomic E-state index is 0.492. The molecule has 3 nitrogen and oxygen atoms in total. The summed E-state index contributed by atoms with van der Waals surface area (Å²) in [5.41, 5.74) is 5.83. The normalized spacial score (nSPS) is 20.0. The summed E-state index contributed by atoms with van der Waals surface area (Å²) >= 11 is 0. The molecule has 0 spiro atoms. The van der Waals surface area contributed by atoms with E-state index in [1.807, 2.05) is 0 Å². The Morgan fingerprint density at radius 3 is 3.00 bits per heavy atom. The molecule has 110 valence electrons. The van der Waals surface area contributed by atoms with E-state index < -0.39 is 0 Å².